The van der Waals surface area contributed by atoms with Gasteiger partial charge in [-0.1, -0.05) is 15.9 Å². The molecule has 15 heavy (non-hydrogen) atoms. The molecule has 0 bridgehead atoms. The minimum absolute atomic E-state index is 0.177. The van der Waals surface area contributed by atoms with Gasteiger partial charge in [0.1, 0.15) is 11.3 Å². The number of phenols is 1. The molecule has 2 aromatic rings. The molecule has 0 unspecified atom stereocenters. The molecule has 0 amide bonds. The van der Waals surface area contributed by atoms with Crippen molar-refractivity contribution in [3.05, 3.63) is 27.9 Å². The predicted octanol–water partition coefficient (Wildman–Crippen LogP) is 2.91. The number of hydrogen-bond acceptors (Lipinski definition) is 3. The first-order valence-corrected chi connectivity index (χ1v) is 4.95. The van der Waals surface area contributed by atoms with Gasteiger partial charge in [-0.2, -0.15) is 0 Å². The van der Waals surface area contributed by atoms with Crippen LogP contribution in [0.4, 0.5) is 0 Å². The van der Waals surface area contributed by atoms with Crippen LogP contribution in [0, 0.1) is 6.92 Å². The lowest BCUT2D eigenvalue weighted by Gasteiger charge is -2.01. The summed E-state index contributed by atoms with van der Waals surface area (Å²) in [5.74, 6) is -0.915. The number of halogens is 1. The molecule has 1 heterocycles. The van der Waals surface area contributed by atoms with Gasteiger partial charge < -0.3 is 14.6 Å². The van der Waals surface area contributed by atoms with Crippen LogP contribution in [-0.2, 0) is 0 Å². The molecule has 0 aliphatic heterocycles. The van der Waals surface area contributed by atoms with Crippen LogP contribution >= 0.6 is 15.9 Å². The maximum absolute atomic E-state index is 10.8. The summed E-state index contributed by atoms with van der Waals surface area (Å²) in [4.78, 5) is 10.8. The summed E-state index contributed by atoms with van der Waals surface area (Å²) in [7, 11) is 0. The van der Waals surface area contributed by atoms with Crippen LogP contribution in [0.15, 0.2) is 21.0 Å². The van der Waals surface area contributed by atoms with E-state index in [1.165, 1.54) is 6.07 Å². The number of aromatic hydroxyl groups is 1. The van der Waals surface area contributed by atoms with Crippen molar-refractivity contribution >= 4 is 32.9 Å². The first-order valence-electron chi connectivity index (χ1n) is 4.15. The molecular formula is C10H7BrO4. The fraction of sp³-hybridized carbons (Fsp3) is 0.100. The average molecular weight is 271 g/mol. The van der Waals surface area contributed by atoms with Gasteiger partial charge in [-0.15, -0.1) is 0 Å². The van der Waals surface area contributed by atoms with Crippen molar-refractivity contribution in [3.8, 4) is 5.75 Å². The molecule has 0 radical (unpaired) electrons. The van der Waals surface area contributed by atoms with Crippen LogP contribution < -0.4 is 0 Å². The highest BCUT2D eigenvalue weighted by Crippen LogP contribution is 2.36. The van der Waals surface area contributed by atoms with Crippen LogP contribution in [0.25, 0.3) is 11.0 Å². The Morgan fingerprint density at radius 1 is 1.47 bits per heavy atom. The monoisotopic (exact) mass is 270 g/mol. The Hall–Kier alpha value is -1.49. The highest BCUT2D eigenvalue weighted by atomic mass is 79.9. The van der Waals surface area contributed by atoms with Crippen molar-refractivity contribution in [2.75, 3.05) is 0 Å². The quantitative estimate of drug-likeness (QED) is 0.836. The van der Waals surface area contributed by atoms with E-state index in [1.807, 2.05) is 0 Å². The minimum atomic E-state index is -1.19. The smallest absolute Gasteiger partial charge is 0.339 e. The van der Waals surface area contributed by atoms with E-state index in [0.717, 1.165) is 0 Å². The van der Waals surface area contributed by atoms with Gasteiger partial charge >= 0.3 is 5.97 Å². The fourth-order valence-electron chi connectivity index (χ4n) is 1.43. The van der Waals surface area contributed by atoms with Gasteiger partial charge in [0, 0.05) is 9.86 Å². The summed E-state index contributed by atoms with van der Waals surface area (Å²) in [5, 5.41) is 19.2. The van der Waals surface area contributed by atoms with E-state index in [-0.39, 0.29) is 16.9 Å². The summed E-state index contributed by atoms with van der Waals surface area (Å²) in [6, 6.07) is 3.08. The molecule has 0 saturated heterocycles. The maximum atomic E-state index is 10.8. The lowest BCUT2D eigenvalue weighted by atomic mass is 10.1. The number of fused-ring (bicyclic) bond motifs is 1. The molecule has 0 aliphatic carbocycles. The van der Waals surface area contributed by atoms with Crippen LogP contribution in [0.1, 0.15) is 16.1 Å². The van der Waals surface area contributed by atoms with Crippen molar-refractivity contribution in [2.24, 2.45) is 0 Å². The Morgan fingerprint density at radius 3 is 2.73 bits per heavy atom. The normalized spacial score (nSPS) is 10.8. The summed E-state index contributed by atoms with van der Waals surface area (Å²) < 4.78 is 5.81. The number of aryl methyl sites for hydroxylation is 1. The Bertz CT molecular complexity index is 556. The molecule has 4 nitrogen and oxygen atoms in total. The number of aromatic carboxylic acids is 1. The van der Waals surface area contributed by atoms with Crippen molar-refractivity contribution < 1.29 is 19.4 Å². The highest BCUT2D eigenvalue weighted by molar-refractivity contribution is 9.10. The van der Waals surface area contributed by atoms with E-state index < -0.39 is 5.97 Å². The minimum Gasteiger partial charge on any atom is -0.504 e. The number of hydrogen-bond donors (Lipinski definition) is 2. The number of furan rings is 1. The number of rotatable bonds is 1. The van der Waals surface area contributed by atoms with Crippen molar-refractivity contribution in [3.63, 3.8) is 0 Å². The van der Waals surface area contributed by atoms with Crippen LogP contribution in [0.5, 0.6) is 5.75 Å². The molecule has 5 heteroatoms. The second-order valence-corrected chi connectivity index (χ2v) is 4.01. The lowest BCUT2D eigenvalue weighted by molar-refractivity contribution is 0.0693. The second kappa shape index (κ2) is 3.27. The zero-order valence-corrected chi connectivity index (χ0v) is 9.33. The Kier molecular flexibility index (Phi) is 2.19. The number of carbonyl (C=O) groups is 1. The predicted molar refractivity (Wildman–Crippen MR) is 57.3 cm³/mol. The molecule has 0 fully saturated rings. The largest absolute Gasteiger partial charge is 0.504 e. The Labute approximate surface area is 93.3 Å². The van der Waals surface area contributed by atoms with Gasteiger partial charge in [-0.3, -0.25) is 0 Å². The lowest BCUT2D eigenvalue weighted by Crippen LogP contribution is -1.96. The van der Waals surface area contributed by atoms with Crippen LogP contribution in [0.3, 0.4) is 0 Å². The average Bonchev–Trinajstić information content (AvgIpc) is 2.53. The summed E-state index contributed by atoms with van der Waals surface area (Å²) >= 11 is 3.23. The Balaban J connectivity index is 2.89. The van der Waals surface area contributed by atoms with Crippen molar-refractivity contribution in [2.45, 2.75) is 6.92 Å². The van der Waals surface area contributed by atoms with Gasteiger partial charge in [0.2, 0.25) is 0 Å². The van der Waals surface area contributed by atoms with Crippen molar-refractivity contribution in [1.82, 2.24) is 0 Å². The van der Waals surface area contributed by atoms with Gasteiger partial charge in [0.15, 0.2) is 11.3 Å². The van der Waals surface area contributed by atoms with E-state index in [2.05, 4.69) is 15.9 Å². The van der Waals surface area contributed by atoms with Crippen LogP contribution in [-0.4, -0.2) is 16.2 Å². The first kappa shape index (κ1) is 10.0. The van der Waals surface area contributed by atoms with Gasteiger partial charge in [0.25, 0.3) is 0 Å². The van der Waals surface area contributed by atoms with Crippen molar-refractivity contribution in [1.29, 1.82) is 0 Å². The first-order chi connectivity index (χ1) is 7.00. The van der Waals surface area contributed by atoms with E-state index in [0.29, 0.717) is 15.6 Å². The topological polar surface area (TPSA) is 70.7 Å². The molecular weight excluding hydrogens is 264 g/mol. The summed E-state index contributed by atoms with van der Waals surface area (Å²) in [6.07, 6.45) is 0. The van der Waals surface area contributed by atoms with E-state index in [4.69, 9.17) is 9.52 Å². The van der Waals surface area contributed by atoms with Gasteiger partial charge in [0.05, 0.1) is 0 Å². The SMILES string of the molecule is Cc1cc2c(Br)cc(C(=O)O)c(O)c2o1. The highest BCUT2D eigenvalue weighted by Gasteiger charge is 2.18. The molecule has 0 spiro atoms. The molecule has 2 rings (SSSR count). The number of carboxylic acids is 1. The van der Waals surface area contributed by atoms with Gasteiger partial charge in [-0.05, 0) is 19.1 Å². The fourth-order valence-corrected chi connectivity index (χ4v) is 1.95. The molecule has 0 atom stereocenters. The Morgan fingerprint density at radius 2 is 2.13 bits per heavy atom. The number of benzene rings is 1. The second-order valence-electron chi connectivity index (χ2n) is 3.16. The zero-order valence-electron chi connectivity index (χ0n) is 7.74. The van der Waals surface area contributed by atoms with E-state index in [9.17, 15) is 9.90 Å². The molecule has 0 saturated carbocycles. The third kappa shape index (κ3) is 1.48. The summed E-state index contributed by atoms with van der Waals surface area (Å²) in [6.45, 7) is 1.73. The standard InChI is InChI=1S/C10H7BrO4/c1-4-2-5-7(11)3-6(10(13)14)8(12)9(5)15-4/h2-3,12H,1H3,(H,13,14). The molecule has 1 aromatic carbocycles. The number of carboxylic acid groups (broad SMARTS) is 1. The van der Waals surface area contributed by atoms with E-state index >= 15 is 0 Å². The molecule has 0 aliphatic rings. The summed E-state index contributed by atoms with van der Waals surface area (Å²) in [5.41, 5.74) is 0.0167. The third-order valence-corrected chi connectivity index (χ3v) is 2.74. The third-order valence-electron chi connectivity index (χ3n) is 2.08. The maximum Gasteiger partial charge on any atom is 0.339 e. The van der Waals surface area contributed by atoms with E-state index in [1.54, 1.807) is 13.0 Å². The molecule has 78 valence electrons. The molecule has 1 aromatic heterocycles. The molecule has 2 N–H and O–H groups in total. The zero-order chi connectivity index (χ0) is 11.2. The van der Waals surface area contributed by atoms with Gasteiger partial charge in [-0.25, -0.2) is 4.79 Å². The van der Waals surface area contributed by atoms with Crippen LogP contribution in [0.2, 0.25) is 0 Å².